The fraction of sp³-hybridized carbons (Fsp3) is 0.636. The standard InChI is InChI=1S/C11H15ClFN3/c1-7-3-4-16(8(2)5-7)10-9(13)6-14-11(12)15-10/h6-8H,3-5H2,1-2H3. The summed E-state index contributed by atoms with van der Waals surface area (Å²) in [6.07, 6.45) is 3.25. The molecule has 0 saturated carbocycles. The molecule has 2 heterocycles. The highest BCUT2D eigenvalue weighted by Gasteiger charge is 2.26. The lowest BCUT2D eigenvalue weighted by Gasteiger charge is -2.37. The highest BCUT2D eigenvalue weighted by Crippen LogP contribution is 2.28. The first-order valence-corrected chi connectivity index (χ1v) is 5.90. The van der Waals surface area contributed by atoms with Crippen molar-refractivity contribution in [1.82, 2.24) is 9.97 Å². The molecule has 0 amide bonds. The molecule has 1 aromatic rings. The number of piperidine rings is 1. The van der Waals surface area contributed by atoms with E-state index in [2.05, 4.69) is 23.8 Å². The van der Waals surface area contributed by atoms with Crippen LogP contribution in [0.3, 0.4) is 0 Å². The SMILES string of the molecule is CC1CCN(c2nc(Cl)ncc2F)C(C)C1. The van der Waals surface area contributed by atoms with Gasteiger partial charge in [-0.2, -0.15) is 4.98 Å². The van der Waals surface area contributed by atoms with Crippen LogP contribution in [0.1, 0.15) is 26.7 Å². The van der Waals surface area contributed by atoms with Gasteiger partial charge in [-0.05, 0) is 37.3 Å². The smallest absolute Gasteiger partial charge is 0.224 e. The van der Waals surface area contributed by atoms with E-state index in [1.54, 1.807) is 0 Å². The first kappa shape index (κ1) is 11.6. The summed E-state index contributed by atoms with van der Waals surface area (Å²) in [4.78, 5) is 9.58. The van der Waals surface area contributed by atoms with Crippen LogP contribution in [0.15, 0.2) is 6.20 Å². The fourth-order valence-corrected chi connectivity index (χ4v) is 2.39. The second-order valence-corrected chi connectivity index (χ2v) is 4.82. The van der Waals surface area contributed by atoms with Gasteiger partial charge in [-0.25, -0.2) is 9.37 Å². The van der Waals surface area contributed by atoms with Crippen molar-refractivity contribution in [3.8, 4) is 0 Å². The molecular formula is C11H15ClFN3. The molecule has 5 heteroatoms. The number of rotatable bonds is 1. The second kappa shape index (κ2) is 4.53. The maximum atomic E-state index is 13.6. The van der Waals surface area contributed by atoms with Crippen molar-refractivity contribution in [2.24, 2.45) is 5.92 Å². The first-order chi connectivity index (χ1) is 7.58. The van der Waals surface area contributed by atoms with E-state index in [0.29, 0.717) is 17.8 Å². The summed E-state index contributed by atoms with van der Waals surface area (Å²) >= 11 is 5.70. The van der Waals surface area contributed by atoms with Crippen molar-refractivity contribution in [2.45, 2.75) is 32.7 Å². The van der Waals surface area contributed by atoms with Gasteiger partial charge in [0.25, 0.3) is 0 Å². The number of halogens is 2. The van der Waals surface area contributed by atoms with Crippen LogP contribution in [-0.4, -0.2) is 22.6 Å². The molecule has 0 aliphatic carbocycles. The number of anilines is 1. The molecule has 1 aliphatic rings. The molecule has 2 atom stereocenters. The van der Waals surface area contributed by atoms with Crippen molar-refractivity contribution in [3.63, 3.8) is 0 Å². The maximum Gasteiger partial charge on any atom is 0.224 e. The number of hydrogen-bond donors (Lipinski definition) is 0. The van der Waals surface area contributed by atoms with E-state index in [1.165, 1.54) is 0 Å². The average Bonchev–Trinajstić information content (AvgIpc) is 2.22. The van der Waals surface area contributed by atoms with Gasteiger partial charge < -0.3 is 4.90 Å². The van der Waals surface area contributed by atoms with E-state index >= 15 is 0 Å². The molecule has 0 bridgehead atoms. The molecule has 3 nitrogen and oxygen atoms in total. The summed E-state index contributed by atoms with van der Waals surface area (Å²) in [5, 5.41) is 0.0993. The third-order valence-corrected chi connectivity index (χ3v) is 3.29. The van der Waals surface area contributed by atoms with Crippen molar-refractivity contribution in [1.29, 1.82) is 0 Å². The lowest BCUT2D eigenvalue weighted by atomic mass is 9.93. The topological polar surface area (TPSA) is 29.0 Å². The summed E-state index contributed by atoms with van der Waals surface area (Å²) < 4.78 is 13.6. The molecular weight excluding hydrogens is 229 g/mol. The van der Waals surface area contributed by atoms with E-state index in [4.69, 9.17) is 11.6 Å². The van der Waals surface area contributed by atoms with Crippen molar-refractivity contribution < 1.29 is 4.39 Å². The molecule has 2 rings (SSSR count). The van der Waals surface area contributed by atoms with Crippen LogP contribution in [0, 0.1) is 11.7 Å². The van der Waals surface area contributed by atoms with Gasteiger partial charge in [0.15, 0.2) is 11.6 Å². The van der Waals surface area contributed by atoms with E-state index < -0.39 is 5.82 Å². The summed E-state index contributed by atoms with van der Waals surface area (Å²) in [6.45, 7) is 5.13. The fourth-order valence-electron chi connectivity index (χ4n) is 2.26. The highest BCUT2D eigenvalue weighted by atomic mass is 35.5. The van der Waals surface area contributed by atoms with Gasteiger partial charge in [-0.3, -0.25) is 0 Å². The largest absolute Gasteiger partial charge is 0.351 e. The average molecular weight is 244 g/mol. The number of aromatic nitrogens is 2. The third-order valence-electron chi connectivity index (χ3n) is 3.11. The van der Waals surface area contributed by atoms with Crippen molar-refractivity contribution >= 4 is 17.4 Å². The van der Waals surface area contributed by atoms with Gasteiger partial charge in [0.1, 0.15) is 0 Å². The van der Waals surface area contributed by atoms with Crippen LogP contribution in [0.4, 0.5) is 10.2 Å². The quantitative estimate of drug-likeness (QED) is 0.711. The molecule has 88 valence electrons. The molecule has 2 unspecified atom stereocenters. The van der Waals surface area contributed by atoms with Gasteiger partial charge in [0.2, 0.25) is 5.28 Å². The Morgan fingerprint density at radius 1 is 1.50 bits per heavy atom. The maximum absolute atomic E-state index is 13.6. The Kier molecular flexibility index (Phi) is 3.28. The molecule has 0 radical (unpaired) electrons. The Hall–Kier alpha value is -0.900. The summed E-state index contributed by atoms with van der Waals surface area (Å²) in [7, 11) is 0. The summed E-state index contributed by atoms with van der Waals surface area (Å²) in [5.41, 5.74) is 0. The van der Waals surface area contributed by atoms with Gasteiger partial charge in [0.05, 0.1) is 6.20 Å². The van der Waals surface area contributed by atoms with Crippen LogP contribution in [0.2, 0.25) is 5.28 Å². The van der Waals surface area contributed by atoms with E-state index in [0.717, 1.165) is 25.6 Å². The van der Waals surface area contributed by atoms with E-state index in [9.17, 15) is 4.39 Å². The third kappa shape index (κ3) is 2.26. The minimum Gasteiger partial charge on any atom is -0.351 e. The molecule has 1 aliphatic heterocycles. The van der Waals surface area contributed by atoms with E-state index in [-0.39, 0.29) is 5.28 Å². The normalized spacial score (nSPS) is 25.9. The van der Waals surface area contributed by atoms with Crippen LogP contribution < -0.4 is 4.90 Å². The van der Waals surface area contributed by atoms with Crippen molar-refractivity contribution in [2.75, 3.05) is 11.4 Å². The summed E-state index contributed by atoms with van der Waals surface area (Å²) in [6, 6.07) is 0.296. The van der Waals surface area contributed by atoms with Gasteiger partial charge >= 0.3 is 0 Å². The molecule has 1 fully saturated rings. The Morgan fingerprint density at radius 3 is 2.94 bits per heavy atom. The summed E-state index contributed by atoms with van der Waals surface area (Å²) in [5.74, 6) is 0.622. The zero-order chi connectivity index (χ0) is 11.7. The molecule has 1 saturated heterocycles. The number of hydrogen-bond acceptors (Lipinski definition) is 3. The van der Waals surface area contributed by atoms with Crippen LogP contribution in [0.5, 0.6) is 0 Å². The lowest BCUT2D eigenvalue weighted by molar-refractivity contribution is 0.372. The molecule has 0 aromatic carbocycles. The van der Waals surface area contributed by atoms with Crippen molar-refractivity contribution in [3.05, 3.63) is 17.3 Å². The van der Waals surface area contributed by atoms with Gasteiger partial charge in [0, 0.05) is 12.6 Å². The Bertz CT molecular complexity index is 385. The lowest BCUT2D eigenvalue weighted by Crippen LogP contribution is -2.41. The Balaban J connectivity index is 2.26. The molecule has 0 spiro atoms. The Morgan fingerprint density at radius 2 is 2.25 bits per heavy atom. The van der Waals surface area contributed by atoms with Crippen LogP contribution in [0.25, 0.3) is 0 Å². The van der Waals surface area contributed by atoms with Crippen LogP contribution in [-0.2, 0) is 0 Å². The highest BCUT2D eigenvalue weighted by molar-refractivity contribution is 6.28. The zero-order valence-electron chi connectivity index (χ0n) is 9.45. The second-order valence-electron chi connectivity index (χ2n) is 4.48. The van der Waals surface area contributed by atoms with Gasteiger partial charge in [-0.15, -0.1) is 0 Å². The predicted molar refractivity (Wildman–Crippen MR) is 62.2 cm³/mol. The van der Waals surface area contributed by atoms with Gasteiger partial charge in [-0.1, -0.05) is 6.92 Å². The van der Waals surface area contributed by atoms with Crippen LogP contribution >= 0.6 is 11.6 Å². The monoisotopic (exact) mass is 243 g/mol. The first-order valence-electron chi connectivity index (χ1n) is 5.52. The van der Waals surface area contributed by atoms with E-state index in [1.807, 2.05) is 4.90 Å². The minimum atomic E-state index is -0.397. The number of nitrogens with zero attached hydrogens (tertiary/aromatic N) is 3. The Labute approximate surface area is 99.6 Å². The molecule has 16 heavy (non-hydrogen) atoms. The molecule has 0 N–H and O–H groups in total. The molecule has 1 aromatic heterocycles. The zero-order valence-corrected chi connectivity index (χ0v) is 10.2. The predicted octanol–water partition coefficient (Wildman–Crippen LogP) is 2.89. The minimum absolute atomic E-state index is 0.0993.